The third-order valence-corrected chi connectivity index (χ3v) is 2.87. The fourth-order valence-electron chi connectivity index (χ4n) is 2.03. The molecule has 0 saturated carbocycles. The van der Waals surface area contributed by atoms with E-state index in [1.165, 1.54) is 11.3 Å². The Labute approximate surface area is 85.7 Å². The van der Waals surface area contributed by atoms with E-state index in [0.717, 1.165) is 19.5 Å². The molecule has 1 aromatic rings. The second-order valence-corrected chi connectivity index (χ2v) is 4.66. The van der Waals surface area contributed by atoms with Crippen molar-refractivity contribution in [3.63, 3.8) is 0 Å². The zero-order valence-corrected chi connectivity index (χ0v) is 8.96. The summed E-state index contributed by atoms with van der Waals surface area (Å²) in [5.74, 6) is 0. The van der Waals surface area contributed by atoms with Crippen molar-refractivity contribution in [3.8, 4) is 0 Å². The number of rotatable bonds is 1. The van der Waals surface area contributed by atoms with Crippen molar-refractivity contribution in [2.24, 2.45) is 5.73 Å². The summed E-state index contributed by atoms with van der Waals surface area (Å²) in [6.07, 6.45) is 1.08. The van der Waals surface area contributed by atoms with Crippen LogP contribution in [0, 0.1) is 6.92 Å². The minimum atomic E-state index is -0.0102. The summed E-state index contributed by atoms with van der Waals surface area (Å²) >= 11 is 0. The van der Waals surface area contributed by atoms with E-state index in [1.54, 1.807) is 0 Å². The molecule has 1 aromatic carbocycles. The molecular formula is C12H18N2. The van der Waals surface area contributed by atoms with E-state index in [4.69, 9.17) is 5.73 Å². The number of nitrogens with two attached hydrogens (primary N) is 1. The Hall–Kier alpha value is -1.02. The highest BCUT2D eigenvalue weighted by molar-refractivity contribution is 5.50. The second kappa shape index (κ2) is 3.28. The van der Waals surface area contributed by atoms with Crippen LogP contribution in [-0.2, 0) is 0 Å². The number of hydrogen-bond acceptors (Lipinski definition) is 2. The van der Waals surface area contributed by atoms with E-state index in [2.05, 4.69) is 43.0 Å². The van der Waals surface area contributed by atoms with Crippen LogP contribution in [0.5, 0.6) is 0 Å². The largest absolute Gasteiger partial charge is 0.370 e. The van der Waals surface area contributed by atoms with Crippen molar-refractivity contribution in [2.45, 2.75) is 25.8 Å². The monoisotopic (exact) mass is 190 g/mol. The number of hydrogen-bond donors (Lipinski definition) is 1. The van der Waals surface area contributed by atoms with Gasteiger partial charge in [-0.3, -0.25) is 0 Å². The van der Waals surface area contributed by atoms with E-state index >= 15 is 0 Å². The van der Waals surface area contributed by atoms with E-state index in [-0.39, 0.29) is 5.54 Å². The predicted molar refractivity (Wildman–Crippen MR) is 60.6 cm³/mol. The molecule has 1 aliphatic rings. The first-order valence-corrected chi connectivity index (χ1v) is 5.17. The molecule has 2 rings (SSSR count). The molecule has 1 atom stereocenters. The lowest BCUT2D eigenvalue weighted by molar-refractivity contribution is 0.525. The molecule has 1 saturated heterocycles. The lowest BCUT2D eigenvalue weighted by Gasteiger charge is -2.21. The van der Waals surface area contributed by atoms with Gasteiger partial charge in [0.15, 0.2) is 0 Å². The third-order valence-electron chi connectivity index (χ3n) is 2.87. The normalized spacial score (nSPS) is 26.9. The first kappa shape index (κ1) is 9.53. The van der Waals surface area contributed by atoms with Crippen molar-refractivity contribution in [1.29, 1.82) is 0 Å². The molecular weight excluding hydrogens is 172 g/mol. The summed E-state index contributed by atoms with van der Waals surface area (Å²) < 4.78 is 0. The number of anilines is 1. The highest BCUT2D eigenvalue weighted by Gasteiger charge is 2.29. The molecule has 0 bridgehead atoms. The van der Waals surface area contributed by atoms with E-state index in [1.807, 2.05) is 0 Å². The Morgan fingerprint density at radius 1 is 1.43 bits per heavy atom. The summed E-state index contributed by atoms with van der Waals surface area (Å²) in [5, 5.41) is 0. The molecule has 0 aliphatic carbocycles. The molecule has 0 spiro atoms. The summed E-state index contributed by atoms with van der Waals surface area (Å²) in [6.45, 7) is 6.30. The molecule has 14 heavy (non-hydrogen) atoms. The van der Waals surface area contributed by atoms with Crippen LogP contribution in [0.25, 0.3) is 0 Å². The molecule has 2 heteroatoms. The van der Waals surface area contributed by atoms with Gasteiger partial charge < -0.3 is 10.6 Å². The van der Waals surface area contributed by atoms with Crippen LogP contribution in [0.4, 0.5) is 5.69 Å². The molecule has 0 amide bonds. The molecule has 1 fully saturated rings. The zero-order chi connectivity index (χ0) is 10.2. The molecule has 0 radical (unpaired) electrons. The average Bonchev–Trinajstić information content (AvgIpc) is 2.46. The van der Waals surface area contributed by atoms with Crippen molar-refractivity contribution in [1.82, 2.24) is 0 Å². The fraction of sp³-hybridized carbons (Fsp3) is 0.500. The lowest BCUT2D eigenvalue weighted by atomic mass is 10.0. The Kier molecular flexibility index (Phi) is 2.23. The van der Waals surface area contributed by atoms with Gasteiger partial charge in [0, 0.05) is 24.3 Å². The number of benzene rings is 1. The van der Waals surface area contributed by atoms with Crippen molar-refractivity contribution >= 4 is 5.69 Å². The van der Waals surface area contributed by atoms with Crippen molar-refractivity contribution < 1.29 is 0 Å². The maximum absolute atomic E-state index is 6.10. The van der Waals surface area contributed by atoms with E-state index in [0.29, 0.717) is 0 Å². The third kappa shape index (κ3) is 1.90. The highest BCUT2D eigenvalue weighted by atomic mass is 15.2. The number of aryl methyl sites for hydroxylation is 1. The molecule has 1 heterocycles. The summed E-state index contributed by atoms with van der Waals surface area (Å²) in [4.78, 5) is 2.37. The van der Waals surface area contributed by atoms with Gasteiger partial charge >= 0.3 is 0 Å². The summed E-state index contributed by atoms with van der Waals surface area (Å²) in [5.41, 5.74) is 8.71. The fourth-order valence-corrected chi connectivity index (χ4v) is 2.03. The van der Waals surface area contributed by atoms with Gasteiger partial charge in [0.1, 0.15) is 0 Å². The molecule has 1 unspecified atom stereocenters. The first-order chi connectivity index (χ1) is 6.57. The molecule has 0 aromatic heterocycles. The van der Waals surface area contributed by atoms with Gasteiger partial charge in [0.2, 0.25) is 0 Å². The number of nitrogens with zero attached hydrogens (tertiary/aromatic N) is 1. The highest BCUT2D eigenvalue weighted by Crippen LogP contribution is 2.25. The molecule has 2 nitrogen and oxygen atoms in total. The SMILES string of the molecule is Cc1cccc(N2CCC(C)(N)C2)c1. The van der Waals surface area contributed by atoms with Crippen LogP contribution in [0.1, 0.15) is 18.9 Å². The standard InChI is InChI=1S/C12H18N2/c1-10-4-3-5-11(8-10)14-7-6-12(2,13)9-14/h3-5,8H,6-7,9,13H2,1-2H3. The van der Waals surface area contributed by atoms with Gasteiger partial charge in [-0.2, -0.15) is 0 Å². The Morgan fingerprint density at radius 3 is 2.79 bits per heavy atom. The van der Waals surface area contributed by atoms with Crippen LogP contribution < -0.4 is 10.6 Å². The van der Waals surface area contributed by atoms with Gasteiger partial charge in [0.05, 0.1) is 0 Å². The first-order valence-electron chi connectivity index (χ1n) is 5.17. The van der Waals surface area contributed by atoms with Gasteiger partial charge in [0.25, 0.3) is 0 Å². The lowest BCUT2D eigenvalue weighted by Crippen LogP contribution is -2.39. The van der Waals surface area contributed by atoms with Gasteiger partial charge in [-0.15, -0.1) is 0 Å². The Balaban J connectivity index is 2.17. The molecule has 1 aliphatic heterocycles. The molecule has 2 N–H and O–H groups in total. The van der Waals surface area contributed by atoms with Crippen molar-refractivity contribution in [2.75, 3.05) is 18.0 Å². The van der Waals surface area contributed by atoms with Crippen LogP contribution >= 0.6 is 0 Å². The van der Waals surface area contributed by atoms with Crippen molar-refractivity contribution in [3.05, 3.63) is 29.8 Å². The van der Waals surface area contributed by atoms with E-state index < -0.39 is 0 Å². The smallest absolute Gasteiger partial charge is 0.0369 e. The van der Waals surface area contributed by atoms with Crippen LogP contribution in [0.3, 0.4) is 0 Å². The molecule has 76 valence electrons. The zero-order valence-electron chi connectivity index (χ0n) is 8.96. The minimum absolute atomic E-state index is 0.0102. The van der Waals surface area contributed by atoms with Gasteiger partial charge in [-0.05, 0) is 38.0 Å². The second-order valence-electron chi connectivity index (χ2n) is 4.66. The minimum Gasteiger partial charge on any atom is -0.370 e. The Morgan fingerprint density at radius 2 is 2.21 bits per heavy atom. The van der Waals surface area contributed by atoms with E-state index in [9.17, 15) is 0 Å². The van der Waals surface area contributed by atoms with Crippen LogP contribution in [-0.4, -0.2) is 18.6 Å². The van der Waals surface area contributed by atoms with Crippen LogP contribution in [0.2, 0.25) is 0 Å². The summed E-state index contributed by atoms with van der Waals surface area (Å²) in [7, 11) is 0. The topological polar surface area (TPSA) is 29.3 Å². The quantitative estimate of drug-likeness (QED) is 0.733. The Bertz CT molecular complexity index is 331. The van der Waals surface area contributed by atoms with Gasteiger partial charge in [-0.1, -0.05) is 12.1 Å². The predicted octanol–water partition coefficient (Wildman–Crippen LogP) is 1.92. The average molecular weight is 190 g/mol. The summed E-state index contributed by atoms with van der Waals surface area (Å²) in [6, 6.07) is 8.62. The maximum Gasteiger partial charge on any atom is 0.0369 e. The van der Waals surface area contributed by atoms with Gasteiger partial charge in [-0.25, -0.2) is 0 Å². The van der Waals surface area contributed by atoms with Crippen LogP contribution in [0.15, 0.2) is 24.3 Å². The maximum atomic E-state index is 6.10.